The molecule has 0 unspecified atom stereocenters. The lowest BCUT2D eigenvalue weighted by Gasteiger charge is -2.25. The van der Waals surface area contributed by atoms with E-state index in [-0.39, 0.29) is 0 Å². The van der Waals surface area contributed by atoms with Crippen molar-refractivity contribution in [3.63, 3.8) is 0 Å². The third-order valence-electron chi connectivity index (χ3n) is 14.1. The van der Waals surface area contributed by atoms with Crippen LogP contribution in [-0.4, -0.2) is 0 Å². The topological polar surface area (TPSA) is 59.0 Å². The maximum Gasteiger partial charge on any atom is 0.159 e. The lowest BCUT2D eigenvalue weighted by atomic mass is 10.00. The molecule has 69 heavy (non-hydrogen) atoms. The quantitative estimate of drug-likeness (QED) is 0.166. The minimum atomic E-state index is 0.833. The number of furan rings is 4. The number of fused-ring (bicyclic) bond motifs is 14. The van der Waals surface area contributed by atoms with Crippen molar-refractivity contribution in [3.05, 3.63) is 218 Å². The summed E-state index contributed by atoms with van der Waals surface area (Å²) in [6.07, 6.45) is 0. The number of aryl methyl sites for hydroxylation is 1. The molecular formula is C63H38N2O4. The van der Waals surface area contributed by atoms with Crippen molar-refractivity contribution in [1.82, 2.24) is 0 Å². The van der Waals surface area contributed by atoms with Crippen LogP contribution in [0.2, 0.25) is 0 Å². The molecule has 0 amide bonds. The van der Waals surface area contributed by atoms with Crippen LogP contribution in [0, 0.1) is 6.92 Å². The molecule has 0 saturated carbocycles. The predicted octanol–water partition coefficient (Wildman–Crippen LogP) is 18.8. The molecule has 4 heterocycles. The van der Waals surface area contributed by atoms with Gasteiger partial charge in [-0.15, -0.1) is 0 Å². The fourth-order valence-corrected chi connectivity index (χ4v) is 11.0. The molecule has 4 aromatic heterocycles. The summed E-state index contributed by atoms with van der Waals surface area (Å²) in [6.45, 7) is 2.15. The van der Waals surface area contributed by atoms with Gasteiger partial charge in [-0.2, -0.15) is 0 Å². The van der Waals surface area contributed by atoms with Gasteiger partial charge in [0.2, 0.25) is 0 Å². The third-order valence-corrected chi connectivity index (χ3v) is 14.1. The van der Waals surface area contributed by atoms with Crippen LogP contribution in [0.4, 0.5) is 34.1 Å². The number of hydrogen-bond acceptors (Lipinski definition) is 6. The molecule has 6 heteroatoms. The molecule has 0 saturated heterocycles. The Hall–Kier alpha value is -9.26. The first kappa shape index (κ1) is 37.9. The Bertz CT molecular complexity index is 4400. The highest BCUT2D eigenvalue weighted by Crippen LogP contribution is 2.47. The van der Waals surface area contributed by atoms with Crippen molar-refractivity contribution in [1.29, 1.82) is 0 Å². The fraction of sp³-hybridized carbons (Fsp3) is 0.0159. The van der Waals surface area contributed by atoms with Gasteiger partial charge in [-0.1, -0.05) is 109 Å². The van der Waals surface area contributed by atoms with Gasteiger partial charge in [0.1, 0.15) is 33.5 Å². The first-order valence-corrected chi connectivity index (χ1v) is 23.3. The van der Waals surface area contributed by atoms with E-state index in [0.717, 1.165) is 149 Å². The Morgan fingerprint density at radius 1 is 0.275 bits per heavy atom. The fourth-order valence-electron chi connectivity index (χ4n) is 11.0. The SMILES string of the molecule is Cc1c2oc3cc4cc(N(c5ccccc5)c5cccc6c5oc5ccccc56)ccc4cc3c2cc2oc3cc4cc(N(c5ccccc5)c5cccc6c5oc5ccccc56)ccc4cc3c12. The maximum absolute atomic E-state index is 6.86. The van der Waals surface area contributed by atoms with Gasteiger partial charge in [-0.3, -0.25) is 0 Å². The number of hydrogen-bond donors (Lipinski definition) is 0. The van der Waals surface area contributed by atoms with E-state index in [1.165, 1.54) is 0 Å². The lowest BCUT2D eigenvalue weighted by Crippen LogP contribution is -2.10. The molecule has 0 bridgehead atoms. The van der Waals surface area contributed by atoms with Crippen LogP contribution in [-0.2, 0) is 0 Å². The van der Waals surface area contributed by atoms with Gasteiger partial charge in [0.05, 0.1) is 11.4 Å². The second-order valence-electron chi connectivity index (χ2n) is 18.1. The Balaban J connectivity index is 0.848. The van der Waals surface area contributed by atoms with E-state index in [9.17, 15) is 0 Å². The molecule has 11 aromatic carbocycles. The predicted molar refractivity (Wildman–Crippen MR) is 285 cm³/mol. The molecule has 0 aliphatic rings. The number of benzene rings is 11. The van der Waals surface area contributed by atoms with Crippen LogP contribution in [0.1, 0.15) is 5.56 Å². The van der Waals surface area contributed by atoms with E-state index < -0.39 is 0 Å². The minimum Gasteiger partial charge on any atom is -0.456 e. The number of anilines is 6. The van der Waals surface area contributed by atoms with Gasteiger partial charge in [0.15, 0.2) is 11.2 Å². The van der Waals surface area contributed by atoms with E-state index in [4.69, 9.17) is 17.7 Å². The van der Waals surface area contributed by atoms with E-state index >= 15 is 0 Å². The van der Waals surface area contributed by atoms with Crippen molar-refractivity contribution >= 4 is 143 Å². The second-order valence-corrected chi connectivity index (χ2v) is 18.1. The van der Waals surface area contributed by atoms with E-state index in [2.05, 4.69) is 193 Å². The largest absolute Gasteiger partial charge is 0.456 e. The maximum atomic E-state index is 6.86. The van der Waals surface area contributed by atoms with Gasteiger partial charge >= 0.3 is 0 Å². The zero-order valence-corrected chi connectivity index (χ0v) is 37.2. The molecule has 0 N–H and O–H groups in total. The van der Waals surface area contributed by atoms with Crippen molar-refractivity contribution in [3.8, 4) is 0 Å². The van der Waals surface area contributed by atoms with Crippen molar-refractivity contribution in [2.24, 2.45) is 0 Å². The third kappa shape index (κ3) is 5.66. The van der Waals surface area contributed by atoms with Crippen molar-refractivity contribution in [2.45, 2.75) is 6.92 Å². The van der Waals surface area contributed by atoms with Crippen LogP contribution in [0.15, 0.2) is 230 Å². The van der Waals surface area contributed by atoms with Gasteiger partial charge in [0, 0.05) is 71.4 Å². The van der Waals surface area contributed by atoms with Crippen LogP contribution < -0.4 is 9.80 Å². The summed E-state index contributed by atoms with van der Waals surface area (Å²) in [6, 6.07) is 74.5. The average molecular weight is 887 g/mol. The second kappa shape index (κ2) is 14.4. The summed E-state index contributed by atoms with van der Waals surface area (Å²) >= 11 is 0. The molecule has 0 radical (unpaired) electrons. The monoisotopic (exact) mass is 886 g/mol. The summed E-state index contributed by atoms with van der Waals surface area (Å²) in [5.74, 6) is 0. The Morgan fingerprint density at radius 3 is 1.32 bits per heavy atom. The molecule has 0 aliphatic carbocycles. The highest BCUT2D eigenvalue weighted by molar-refractivity contribution is 6.20. The zero-order valence-electron chi connectivity index (χ0n) is 37.2. The summed E-state index contributed by atoms with van der Waals surface area (Å²) in [7, 11) is 0. The van der Waals surface area contributed by atoms with Crippen LogP contribution in [0.5, 0.6) is 0 Å². The van der Waals surface area contributed by atoms with E-state index in [1.807, 2.05) is 36.4 Å². The lowest BCUT2D eigenvalue weighted by molar-refractivity contribution is 0.662. The van der Waals surface area contributed by atoms with Crippen LogP contribution in [0.3, 0.4) is 0 Å². The summed E-state index contributed by atoms with van der Waals surface area (Å²) < 4.78 is 26.8. The van der Waals surface area contributed by atoms with Gasteiger partial charge in [-0.25, -0.2) is 0 Å². The molecule has 324 valence electrons. The summed E-state index contributed by atoms with van der Waals surface area (Å²) in [5.41, 5.74) is 13.9. The average Bonchev–Trinajstić information content (AvgIpc) is 4.17. The number of rotatable bonds is 6. The normalized spacial score (nSPS) is 12.1. The minimum absolute atomic E-state index is 0.833. The van der Waals surface area contributed by atoms with E-state index in [1.54, 1.807) is 0 Å². The van der Waals surface area contributed by atoms with E-state index in [0.29, 0.717) is 0 Å². The molecule has 0 atom stereocenters. The first-order valence-electron chi connectivity index (χ1n) is 23.3. The van der Waals surface area contributed by atoms with Crippen LogP contribution >= 0.6 is 0 Å². The molecule has 6 nitrogen and oxygen atoms in total. The molecule has 0 spiro atoms. The smallest absolute Gasteiger partial charge is 0.159 e. The highest BCUT2D eigenvalue weighted by Gasteiger charge is 2.23. The van der Waals surface area contributed by atoms with Crippen LogP contribution in [0.25, 0.3) is 109 Å². The molecule has 15 aromatic rings. The molecule has 0 aliphatic heterocycles. The molecule has 0 fully saturated rings. The number of nitrogens with zero attached hydrogens (tertiary/aromatic N) is 2. The van der Waals surface area contributed by atoms with Crippen molar-refractivity contribution in [2.75, 3.05) is 9.80 Å². The molecular weight excluding hydrogens is 849 g/mol. The Morgan fingerprint density at radius 2 is 0.754 bits per heavy atom. The highest BCUT2D eigenvalue weighted by atomic mass is 16.3. The van der Waals surface area contributed by atoms with Gasteiger partial charge in [-0.05, 0) is 132 Å². The first-order chi connectivity index (χ1) is 34.1. The Kier molecular flexibility index (Phi) is 7.89. The summed E-state index contributed by atoms with van der Waals surface area (Å²) in [5, 5.41) is 13.0. The standard InChI is InChI=1S/C63H38N2O4/c1-37-60-52-33-39-27-29-45(65(43-16-6-3-7-17-43)54-23-13-21-49-47-19-9-11-25-56(47)68-63(49)54)31-41(39)35-58(52)66-59(60)36-51-50-32-38-26-28-44(30-40(38)34-57(50)69-61(37)51)64(42-14-4-2-5-15-42)53-22-12-20-48-46-18-8-10-24-55(46)67-62(48)53/h2-36H,1H3. The Labute approximate surface area is 394 Å². The van der Waals surface area contributed by atoms with Gasteiger partial charge < -0.3 is 27.5 Å². The summed E-state index contributed by atoms with van der Waals surface area (Å²) in [4.78, 5) is 4.56. The zero-order chi connectivity index (χ0) is 45.3. The molecule has 15 rings (SSSR count). The number of para-hydroxylation sites is 6. The van der Waals surface area contributed by atoms with Crippen molar-refractivity contribution < 1.29 is 17.7 Å². The van der Waals surface area contributed by atoms with Gasteiger partial charge in [0.25, 0.3) is 0 Å².